The third kappa shape index (κ3) is 6.94. The van der Waals surface area contributed by atoms with Gasteiger partial charge in [-0.15, -0.1) is 0 Å². The summed E-state index contributed by atoms with van der Waals surface area (Å²) in [4.78, 5) is 34.3. The molecule has 2 aromatic carbocycles. The second kappa shape index (κ2) is 11.0. The summed E-state index contributed by atoms with van der Waals surface area (Å²) >= 11 is 11.9. The molecular weight excluding hydrogens is 453 g/mol. The summed E-state index contributed by atoms with van der Waals surface area (Å²) in [5.41, 5.74) is 0.327. The number of ether oxygens (including phenoxy) is 4. The summed E-state index contributed by atoms with van der Waals surface area (Å²) in [7, 11) is 0. The number of carbonyl (C=O) groups excluding carboxylic acids is 3. The zero-order valence-corrected chi connectivity index (χ0v) is 16.3. The Morgan fingerprint density at radius 2 is 1.17 bits per heavy atom. The molecular formula is C17H12Cl2F2N2O7. The van der Waals surface area contributed by atoms with Crippen LogP contribution in [-0.2, 0) is 9.47 Å². The lowest BCUT2D eigenvalue weighted by Gasteiger charge is -2.11. The predicted octanol–water partition coefficient (Wildman–Crippen LogP) is 5.52. The Morgan fingerprint density at radius 1 is 0.767 bits per heavy atom. The number of anilines is 2. The van der Waals surface area contributed by atoms with Crippen molar-refractivity contribution in [1.82, 2.24) is 0 Å². The summed E-state index contributed by atoms with van der Waals surface area (Å²) in [5, 5.41) is 4.27. The van der Waals surface area contributed by atoms with Crippen molar-refractivity contribution < 1.29 is 42.1 Å². The van der Waals surface area contributed by atoms with E-state index in [-0.39, 0.29) is 32.9 Å². The molecule has 0 aromatic heterocycles. The van der Waals surface area contributed by atoms with Crippen molar-refractivity contribution >= 4 is 52.9 Å². The van der Waals surface area contributed by atoms with Crippen LogP contribution in [0, 0.1) is 0 Å². The average molecular weight is 465 g/mol. The van der Waals surface area contributed by atoms with E-state index in [0.717, 1.165) is 0 Å². The molecule has 0 fully saturated rings. The van der Waals surface area contributed by atoms with Gasteiger partial charge in [-0.25, -0.2) is 23.2 Å². The van der Waals surface area contributed by atoms with Crippen LogP contribution in [0.4, 0.5) is 34.5 Å². The second-order valence-electron chi connectivity index (χ2n) is 5.08. The molecule has 9 nitrogen and oxygen atoms in total. The van der Waals surface area contributed by atoms with Crippen molar-refractivity contribution in [3.05, 3.63) is 46.4 Å². The van der Waals surface area contributed by atoms with Crippen molar-refractivity contribution in [3.63, 3.8) is 0 Å². The second-order valence-corrected chi connectivity index (χ2v) is 5.89. The summed E-state index contributed by atoms with van der Waals surface area (Å²) in [6, 6.07) is 7.59. The number of hydrogen-bond acceptors (Lipinski definition) is 7. The first kappa shape index (κ1) is 23.0. The van der Waals surface area contributed by atoms with Crippen LogP contribution >= 0.6 is 23.2 Å². The molecule has 0 aliphatic heterocycles. The molecule has 0 heterocycles. The molecule has 0 atom stereocenters. The first-order valence-corrected chi connectivity index (χ1v) is 8.56. The highest BCUT2D eigenvalue weighted by Crippen LogP contribution is 2.30. The van der Waals surface area contributed by atoms with Gasteiger partial charge in [-0.2, -0.15) is 0 Å². The van der Waals surface area contributed by atoms with Crippen LogP contribution in [-0.4, -0.2) is 32.1 Å². The lowest BCUT2D eigenvalue weighted by Crippen LogP contribution is -2.15. The third-order valence-corrected chi connectivity index (χ3v) is 3.71. The minimum absolute atomic E-state index is 0.0676. The fraction of sp³-hybridized carbons (Fsp3) is 0.118. The number of nitrogens with one attached hydrogen (secondary N) is 2. The topological polar surface area (TPSA) is 112 Å². The van der Waals surface area contributed by atoms with Crippen LogP contribution in [0.15, 0.2) is 36.4 Å². The largest absolute Gasteiger partial charge is 0.519 e. The highest BCUT2D eigenvalue weighted by atomic mass is 35.5. The third-order valence-electron chi connectivity index (χ3n) is 3.11. The van der Waals surface area contributed by atoms with Crippen molar-refractivity contribution in [3.8, 4) is 11.5 Å². The van der Waals surface area contributed by atoms with E-state index < -0.39 is 32.1 Å². The predicted molar refractivity (Wildman–Crippen MR) is 102 cm³/mol. The zero-order valence-electron chi connectivity index (χ0n) is 14.7. The van der Waals surface area contributed by atoms with Crippen LogP contribution < -0.4 is 20.1 Å². The van der Waals surface area contributed by atoms with E-state index in [4.69, 9.17) is 32.7 Å². The molecule has 0 unspecified atom stereocenters. The molecule has 0 saturated heterocycles. The fourth-order valence-electron chi connectivity index (χ4n) is 1.93. The van der Waals surface area contributed by atoms with Gasteiger partial charge in [0, 0.05) is 11.4 Å². The monoisotopic (exact) mass is 464 g/mol. The molecule has 30 heavy (non-hydrogen) atoms. The van der Waals surface area contributed by atoms with Gasteiger partial charge in [-0.1, -0.05) is 23.2 Å². The van der Waals surface area contributed by atoms with E-state index in [2.05, 4.69) is 20.1 Å². The van der Waals surface area contributed by atoms with Crippen molar-refractivity contribution in [2.75, 3.05) is 24.4 Å². The van der Waals surface area contributed by atoms with Gasteiger partial charge in [0.2, 0.25) is 13.7 Å². The molecule has 0 saturated carbocycles. The van der Waals surface area contributed by atoms with Crippen LogP contribution in [0.25, 0.3) is 0 Å². The van der Waals surface area contributed by atoms with Crippen LogP contribution in [0.3, 0.4) is 0 Å². The molecule has 0 radical (unpaired) electrons. The van der Waals surface area contributed by atoms with E-state index in [1.165, 1.54) is 36.4 Å². The fourth-order valence-corrected chi connectivity index (χ4v) is 2.37. The highest BCUT2D eigenvalue weighted by molar-refractivity contribution is 6.33. The smallest absolute Gasteiger partial charge is 0.417 e. The van der Waals surface area contributed by atoms with Crippen LogP contribution in [0.2, 0.25) is 10.0 Å². The number of rotatable bonds is 6. The van der Waals surface area contributed by atoms with E-state index in [1.54, 1.807) is 0 Å². The van der Waals surface area contributed by atoms with Gasteiger partial charge in [-0.05, 0) is 36.4 Å². The number of alkyl halides is 2. The Labute approximate surface area is 177 Å². The lowest BCUT2D eigenvalue weighted by atomic mass is 10.3. The maximum atomic E-state index is 12.0. The van der Waals surface area contributed by atoms with Gasteiger partial charge in [0.15, 0.2) is 11.5 Å². The van der Waals surface area contributed by atoms with Gasteiger partial charge in [0.25, 0.3) is 0 Å². The van der Waals surface area contributed by atoms with E-state index in [0.29, 0.717) is 0 Å². The maximum absolute atomic E-state index is 12.0. The maximum Gasteiger partial charge on any atom is 0.519 e. The molecule has 0 aliphatic carbocycles. The number of hydrogen-bond donors (Lipinski definition) is 2. The quantitative estimate of drug-likeness (QED) is 0.427. The van der Waals surface area contributed by atoms with Crippen molar-refractivity contribution in [2.45, 2.75) is 0 Å². The number of benzene rings is 2. The van der Waals surface area contributed by atoms with Gasteiger partial charge in [-0.3, -0.25) is 10.6 Å². The summed E-state index contributed by atoms with van der Waals surface area (Å²) in [5.74, 6) is -0.205. The van der Waals surface area contributed by atoms with Gasteiger partial charge in [0.1, 0.15) is 0 Å². The average Bonchev–Trinajstić information content (AvgIpc) is 2.66. The lowest BCUT2D eigenvalue weighted by molar-refractivity contribution is 0.110. The van der Waals surface area contributed by atoms with Gasteiger partial charge >= 0.3 is 18.3 Å². The molecule has 0 spiro atoms. The normalized spacial score (nSPS) is 10.0. The highest BCUT2D eigenvalue weighted by Gasteiger charge is 2.15. The Balaban J connectivity index is 1.98. The minimum Gasteiger partial charge on any atom is -0.417 e. The van der Waals surface area contributed by atoms with Gasteiger partial charge in [0.05, 0.1) is 10.0 Å². The Hall–Kier alpha value is -3.31. The van der Waals surface area contributed by atoms with Crippen molar-refractivity contribution in [1.29, 1.82) is 0 Å². The van der Waals surface area contributed by atoms with Crippen molar-refractivity contribution in [2.24, 2.45) is 0 Å². The Bertz CT molecular complexity index is 873. The molecule has 0 aliphatic rings. The Kier molecular flexibility index (Phi) is 8.44. The first-order chi connectivity index (χ1) is 14.3. The number of amides is 2. The van der Waals surface area contributed by atoms with E-state index in [1.807, 2.05) is 0 Å². The van der Waals surface area contributed by atoms with E-state index in [9.17, 15) is 23.2 Å². The number of halogens is 4. The zero-order chi connectivity index (χ0) is 22.1. The molecule has 160 valence electrons. The van der Waals surface area contributed by atoms with E-state index >= 15 is 0 Å². The van der Waals surface area contributed by atoms with Crippen LogP contribution in [0.5, 0.6) is 11.5 Å². The number of carbonyl (C=O) groups is 3. The first-order valence-electron chi connectivity index (χ1n) is 7.80. The standard InChI is InChI=1S/C17H12Cl2F2N2O7/c18-11-5-9(22-15(24)27-7-20)1-3-13(11)29-17(26)30-14-4-2-10(6-12(14)19)23-16(25)28-8-21/h1-6H,7-8H2,(H,22,24)(H,23,25). The SMILES string of the molecule is O=C(Nc1ccc(OC(=O)Oc2ccc(NC(=O)OCF)cc2Cl)c(Cl)c1)OCF. The molecule has 2 rings (SSSR count). The summed E-state index contributed by atoms with van der Waals surface area (Å²) in [6.07, 6.45) is -3.26. The summed E-state index contributed by atoms with van der Waals surface area (Å²) in [6.45, 7) is -2.60. The van der Waals surface area contributed by atoms with Crippen LogP contribution in [0.1, 0.15) is 0 Å². The Morgan fingerprint density at radius 3 is 1.50 bits per heavy atom. The molecule has 13 heteroatoms. The minimum atomic E-state index is -1.30. The molecule has 0 bridgehead atoms. The molecule has 2 N–H and O–H groups in total. The summed E-state index contributed by atoms with van der Waals surface area (Å²) < 4.78 is 41.9. The molecule has 2 aromatic rings. The molecule has 2 amide bonds. The van der Waals surface area contributed by atoms with Gasteiger partial charge < -0.3 is 18.9 Å².